The molecule has 0 rings (SSSR count). The highest BCUT2D eigenvalue weighted by Crippen LogP contribution is 1.97. The van der Waals surface area contributed by atoms with E-state index in [0.29, 0.717) is 25.6 Å². The van der Waals surface area contributed by atoms with Crippen LogP contribution >= 0.6 is 0 Å². The number of carbonyl (C=O) groups excluding carboxylic acids is 1. The maximum absolute atomic E-state index is 11.3. The van der Waals surface area contributed by atoms with Gasteiger partial charge in [-0.25, -0.2) is 4.79 Å². The molecule has 0 atom stereocenters. The number of nitrogens with one attached hydrogen (secondary N) is 2. The molecule has 3 N–H and O–H groups in total. The van der Waals surface area contributed by atoms with Crippen molar-refractivity contribution < 1.29 is 14.7 Å². The fourth-order valence-corrected chi connectivity index (χ4v) is 1.45. The summed E-state index contributed by atoms with van der Waals surface area (Å²) in [4.78, 5) is 23.8. The number of carboxylic acid groups (broad SMARTS) is 1. The summed E-state index contributed by atoms with van der Waals surface area (Å²) < 4.78 is 0. The Kier molecular flexibility index (Phi) is 9.88. The number of aliphatic carboxylic acids is 1. The smallest absolute Gasteiger partial charge is 0.314 e. The molecule has 0 spiro atoms. The Morgan fingerprint density at radius 1 is 1.11 bits per heavy atom. The fraction of sp³-hybridized carbons (Fsp3) is 0.846. The van der Waals surface area contributed by atoms with Gasteiger partial charge in [-0.15, -0.1) is 0 Å². The first-order valence-corrected chi connectivity index (χ1v) is 6.87. The predicted octanol–water partition coefficient (Wildman–Crippen LogP) is 1.27. The van der Waals surface area contributed by atoms with Crippen molar-refractivity contribution in [2.45, 2.75) is 45.6 Å². The number of urea groups is 1. The van der Waals surface area contributed by atoms with Gasteiger partial charge < -0.3 is 20.6 Å². The third-order valence-corrected chi connectivity index (χ3v) is 2.96. The topological polar surface area (TPSA) is 81.7 Å². The standard InChI is InChI=1S/C13H27N3O3/c1-11(2)16(3)10-5-4-8-14-13(19)15-9-6-7-12(17)18/h11H,4-10H2,1-3H3,(H,17,18)(H2,14,15,19). The van der Waals surface area contributed by atoms with Gasteiger partial charge in [0.25, 0.3) is 0 Å². The summed E-state index contributed by atoms with van der Waals surface area (Å²) in [7, 11) is 2.09. The summed E-state index contributed by atoms with van der Waals surface area (Å²) in [6.45, 7) is 6.39. The van der Waals surface area contributed by atoms with Crippen molar-refractivity contribution >= 4 is 12.0 Å². The first kappa shape index (κ1) is 17.7. The Labute approximate surface area is 115 Å². The van der Waals surface area contributed by atoms with Gasteiger partial charge in [-0.05, 0) is 46.7 Å². The maximum atomic E-state index is 11.3. The van der Waals surface area contributed by atoms with Crippen molar-refractivity contribution in [1.29, 1.82) is 0 Å². The predicted molar refractivity (Wildman–Crippen MR) is 75.3 cm³/mol. The molecule has 0 heterocycles. The maximum Gasteiger partial charge on any atom is 0.314 e. The normalized spacial score (nSPS) is 10.8. The Morgan fingerprint density at radius 2 is 1.68 bits per heavy atom. The molecule has 6 heteroatoms. The second-order valence-corrected chi connectivity index (χ2v) is 4.96. The van der Waals surface area contributed by atoms with Gasteiger partial charge in [-0.2, -0.15) is 0 Å². The SMILES string of the molecule is CC(C)N(C)CCCCNC(=O)NCCCC(=O)O. The zero-order valence-electron chi connectivity index (χ0n) is 12.2. The van der Waals surface area contributed by atoms with E-state index in [1.54, 1.807) is 0 Å². The van der Waals surface area contributed by atoms with Crippen LogP contribution in [0.15, 0.2) is 0 Å². The van der Waals surface area contributed by atoms with Crippen molar-refractivity contribution in [1.82, 2.24) is 15.5 Å². The lowest BCUT2D eigenvalue weighted by atomic mass is 10.2. The van der Waals surface area contributed by atoms with E-state index in [9.17, 15) is 9.59 Å². The van der Waals surface area contributed by atoms with E-state index in [2.05, 4.69) is 36.4 Å². The highest BCUT2D eigenvalue weighted by atomic mass is 16.4. The van der Waals surface area contributed by atoms with Gasteiger partial charge in [0.1, 0.15) is 0 Å². The van der Waals surface area contributed by atoms with Gasteiger partial charge >= 0.3 is 12.0 Å². The molecule has 0 fully saturated rings. The average Bonchev–Trinajstić information content (AvgIpc) is 2.33. The van der Waals surface area contributed by atoms with Gasteiger partial charge in [0.2, 0.25) is 0 Å². The first-order valence-electron chi connectivity index (χ1n) is 6.87. The number of unbranched alkanes of at least 4 members (excludes halogenated alkanes) is 1. The van der Waals surface area contributed by atoms with Crippen molar-refractivity contribution in [3.63, 3.8) is 0 Å². The zero-order chi connectivity index (χ0) is 14.7. The molecule has 0 aliphatic rings. The quantitative estimate of drug-likeness (QED) is 0.524. The number of carboxylic acids is 1. The third-order valence-electron chi connectivity index (χ3n) is 2.96. The molecular weight excluding hydrogens is 246 g/mol. The molecule has 0 aromatic rings. The zero-order valence-corrected chi connectivity index (χ0v) is 12.2. The number of rotatable bonds is 10. The number of hydrogen-bond donors (Lipinski definition) is 3. The van der Waals surface area contributed by atoms with Crippen LogP contribution in [0.25, 0.3) is 0 Å². The lowest BCUT2D eigenvalue weighted by Gasteiger charge is -2.20. The van der Waals surface area contributed by atoms with Gasteiger partial charge in [0, 0.05) is 25.6 Å². The second kappa shape index (κ2) is 10.6. The first-order chi connectivity index (χ1) is 8.93. The average molecular weight is 273 g/mol. The van der Waals surface area contributed by atoms with Gasteiger partial charge in [-0.3, -0.25) is 4.79 Å². The molecular formula is C13H27N3O3. The van der Waals surface area contributed by atoms with E-state index in [0.717, 1.165) is 19.4 Å². The van der Waals surface area contributed by atoms with Gasteiger partial charge in [0.15, 0.2) is 0 Å². The van der Waals surface area contributed by atoms with Gasteiger partial charge in [-0.1, -0.05) is 0 Å². The molecule has 19 heavy (non-hydrogen) atoms. The van der Waals surface area contributed by atoms with E-state index < -0.39 is 5.97 Å². The fourth-order valence-electron chi connectivity index (χ4n) is 1.45. The molecule has 2 amide bonds. The van der Waals surface area contributed by atoms with Crippen LogP contribution in [0.3, 0.4) is 0 Å². The molecule has 0 aliphatic carbocycles. The van der Waals surface area contributed by atoms with Crippen LogP contribution in [0.2, 0.25) is 0 Å². The van der Waals surface area contributed by atoms with Crippen LogP contribution in [0.1, 0.15) is 39.5 Å². The van der Waals surface area contributed by atoms with Crippen molar-refractivity contribution in [3.05, 3.63) is 0 Å². The minimum Gasteiger partial charge on any atom is -0.481 e. The Morgan fingerprint density at radius 3 is 2.21 bits per heavy atom. The van der Waals surface area contributed by atoms with Crippen molar-refractivity contribution in [2.24, 2.45) is 0 Å². The molecule has 6 nitrogen and oxygen atoms in total. The number of nitrogens with zero attached hydrogens (tertiary/aromatic N) is 1. The number of hydrogen-bond acceptors (Lipinski definition) is 3. The van der Waals surface area contributed by atoms with Crippen LogP contribution in [0.4, 0.5) is 4.79 Å². The summed E-state index contributed by atoms with van der Waals surface area (Å²) in [5.41, 5.74) is 0. The summed E-state index contributed by atoms with van der Waals surface area (Å²) in [6, 6.07) is 0.327. The van der Waals surface area contributed by atoms with E-state index in [-0.39, 0.29) is 12.5 Å². The van der Waals surface area contributed by atoms with E-state index in [1.165, 1.54) is 0 Å². The monoisotopic (exact) mass is 273 g/mol. The molecule has 0 radical (unpaired) electrons. The highest BCUT2D eigenvalue weighted by Gasteiger charge is 2.03. The van der Waals surface area contributed by atoms with Crippen LogP contribution in [0, 0.1) is 0 Å². The Hall–Kier alpha value is -1.30. The van der Waals surface area contributed by atoms with Crippen LogP contribution in [-0.4, -0.2) is 54.7 Å². The molecule has 0 unspecified atom stereocenters. The summed E-state index contributed by atoms with van der Waals surface area (Å²) >= 11 is 0. The van der Waals surface area contributed by atoms with E-state index in [4.69, 9.17) is 5.11 Å². The Bertz CT molecular complexity index is 270. The van der Waals surface area contributed by atoms with Crippen LogP contribution in [0.5, 0.6) is 0 Å². The van der Waals surface area contributed by atoms with Gasteiger partial charge in [0.05, 0.1) is 0 Å². The summed E-state index contributed by atoms with van der Waals surface area (Å²) in [6.07, 6.45) is 2.54. The molecule has 0 saturated carbocycles. The summed E-state index contributed by atoms with van der Waals surface area (Å²) in [5, 5.41) is 13.8. The minimum absolute atomic E-state index is 0.0851. The van der Waals surface area contributed by atoms with Crippen molar-refractivity contribution in [2.75, 3.05) is 26.7 Å². The molecule has 0 aromatic carbocycles. The summed E-state index contributed by atoms with van der Waals surface area (Å²) in [5.74, 6) is -0.837. The molecule has 0 aromatic heterocycles. The molecule has 112 valence electrons. The molecule has 0 aliphatic heterocycles. The molecule has 0 saturated heterocycles. The molecule has 0 bridgehead atoms. The highest BCUT2D eigenvalue weighted by molar-refractivity contribution is 5.73. The number of carbonyl (C=O) groups is 2. The van der Waals surface area contributed by atoms with E-state index in [1.807, 2.05) is 0 Å². The largest absolute Gasteiger partial charge is 0.481 e. The number of amides is 2. The Balaban J connectivity index is 3.36. The second-order valence-electron chi connectivity index (χ2n) is 4.96. The van der Waals surface area contributed by atoms with E-state index >= 15 is 0 Å². The van der Waals surface area contributed by atoms with Crippen molar-refractivity contribution in [3.8, 4) is 0 Å². The lowest BCUT2D eigenvalue weighted by molar-refractivity contribution is -0.137. The van der Waals surface area contributed by atoms with Crippen LogP contribution < -0.4 is 10.6 Å². The lowest BCUT2D eigenvalue weighted by Crippen LogP contribution is -2.37. The minimum atomic E-state index is -0.837. The third kappa shape index (κ3) is 11.5. The van der Waals surface area contributed by atoms with Crippen LogP contribution in [-0.2, 0) is 4.79 Å².